The fourth-order valence-corrected chi connectivity index (χ4v) is 6.54. The van der Waals surface area contributed by atoms with E-state index in [1.807, 2.05) is 25.1 Å². The van der Waals surface area contributed by atoms with Crippen LogP contribution in [0.3, 0.4) is 0 Å². The maximum absolute atomic E-state index is 13.5. The van der Waals surface area contributed by atoms with Crippen LogP contribution < -0.4 is 14.9 Å². The van der Waals surface area contributed by atoms with E-state index in [2.05, 4.69) is 15.6 Å². The number of alkyl halides is 1. The molecule has 2 heterocycles. The van der Waals surface area contributed by atoms with Crippen molar-refractivity contribution in [3.63, 3.8) is 0 Å². The molecule has 2 N–H and O–H groups in total. The van der Waals surface area contributed by atoms with Gasteiger partial charge in [-0.3, -0.25) is 13.9 Å². The van der Waals surface area contributed by atoms with Gasteiger partial charge in [-0.05, 0) is 61.2 Å². The fraction of sp³-hybridized carbons (Fsp3) is 0.261. The van der Waals surface area contributed by atoms with Crippen LogP contribution in [0.15, 0.2) is 47.4 Å². The van der Waals surface area contributed by atoms with E-state index in [1.165, 1.54) is 34.7 Å². The Bertz CT molecular complexity index is 1370. The van der Waals surface area contributed by atoms with Gasteiger partial charge < -0.3 is 10.6 Å². The smallest absolute Gasteiger partial charge is 0.264 e. The zero-order valence-electron chi connectivity index (χ0n) is 18.6. The van der Waals surface area contributed by atoms with E-state index in [-0.39, 0.29) is 16.7 Å². The second kappa shape index (κ2) is 9.73. The summed E-state index contributed by atoms with van der Waals surface area (Å²) in [6, 6.07) is 11.8. The molecule has 2 amide bonds. The number of nitrogens with one attached hydrogen (secondary N) is 2. The van der Waals surface area contributed by atoms with Crippen LogP contribution in [0.4, 0.5) is 16.5 Å². The van der Waals surface area contributed by atoms with Gasteiger partial charge in [0, 0.05) is 19.2 Å². The molecule has 0 saturated carbocycles. The topological polar surface area (TPSA) is 108 Å². The van der Waals surface area contributed by atoms with Gasteiger partial charge in [-0.1, -0.05) is 23.5 Å². The first-order chi connectivity index (χ1) is 16.2. The Labute approximate surface area is 207 Å². The molecule has 8 nitrogen and oxygen atoms in total. The quantitative estimate of drug-likeness (QED) is 0.470. The van der Waals surface area contributed by atoms with Crippen molar-refractivity contribution in [2.24, 2.45) is 0 Å². The average molecular weight is 519 g/mol. The molecule has 11 heteroatoms. The standard InChI is InChI=1S/C23H23ClN4O4S2/c1-14-22(33-23(25-14)26-15(2)29)17-8-9-20-16(11-17)5-4-10-28(20)34(31,32)19-7-3-6-18(12-19)27-21(30)13-24/h3,6-9,11-12H,4-5,10,13H2,1-2H3,(H,27,30)(H,25,26,29). The monoisotopic (exact) mass is 518 g/mol. The predicted molar refractivity (Wildman–Crippen MR) is 135 cm³/mol. The number of halogens is 1. The summed E-state index contributed by atoms with van der Waals surface area (Å²) in [4.78, 5) is 28.4. The van der Waals surface area contributed by atoms with Gasteiger partial charge in [-0.2, -0.15) is 0 Å². The third-order valence-corrected chi connectivity index (χ3v) is 8.50. The normalized spacial score (nSPS) is 13.3. The average Bonchev–Trinajstić information content (AvgIpc) is 3.17. The Morgan fingerprint density at radius 2 is 1.97 bits per heavy atom. The van der Waals surface area contributed by atoms with E-state index >= 15 is 0 Å². The Hall–Kier alpha value is -2.95. The van der Waals surface area contributed by atoms with Crippen molar-refractivity contribution in [3.05, 3.63) is 53.7 Å². The van der Waals surface area contributed by atoms with Crippen LogP contribution in [-0.4, -0.2) is 37.6 Å². The molecule has 34 heavy (non-hydrogen) atoms. The van der Waals surface area contributed by atoms with Crippen LogP contribution in [0.2, 0.25) is 0 Å². The molecule has 0 aliphatic carbocycles. The first kappa shape index (κ1) is 24.2. The van der Waals surface area contributed by atoms with Gasteiger partial charge in [0.15, 0.2) is 5.13 Å². The van der Waals surface area contributed by atoms with Crippen molar-refractivity contribution in [1.29, 1.82) is 0 Å². The van der Waals surface area contributed by atoms with Crippen LogP contribution >= 0.6 is 22.9 Å². The second-order valence-electron chi connectivity index (χ2n) is 7.85. The molecule has 0 atom stereocenters. The molecule has 1 aromatic heterocycles. The van der Waals surface area contributed by atoms with Crippen LogP contribution in [-0.2, 0) is 26.0 Å². The molecule has 178 valence electrons. The zero-order chi connectivity index (χ0) is 24.5. The highest BCUT2D eigenvalue weighted by molar-refractivity contribution is 7.92. The summed E-state index contributed by atoms with van der Waals surface area (Å²) < 4.78 is 28.4. The van der Waals surface area contributed by atoms with Gasteiger partial charge in [0.25, 0.3) is 10.0 Å². The molecule has 0 fully saturated rings. The number of rotatable bonds is 6. The van der Waals surface area contributed by atoms with E-state index in [0.717, 1.165) is 28.1 Å². The van der Waals surface area contributed by atoms with Crippen molar-refractivity contribution in [3.8, 4) is 10.4 Å². The molecule has 0 radical (unpaired) electrons. The van der Waals surface area contributed by atoms with Crippen molar-refractivity contribution in [2.75, 3.05) is 27.4 Å². The molecule has 0 unspecified atom stereocenters. The first-order valence-corrected chi connectivity index (χ1v) is 13.3. The van der Waals surface area contributed by atoms with Crippen LogP contribution in [0, 0.1) is 6.92 Å². The van der Waals surface area contributed by atoms with Gasteiger partial charge >= 0.3 is 0 Å². The third-order valence-electron chi connectivity index (χ3n) is 5.32. The van der Waals surface area contributed by atoms with Crippen molar-refractivity contribution in [2.45, 2.75) is 31.6 Å². The largest absolute Gasteiger partial charge is 0.325 e. The van der Waals surface area contributed by atoms with E-state index in [0.29, 0.717) is 29.5 Å². The number of fused-ring (bicyclic) bond motifs is 1. The number of anilines is 3. The van der Waals surface area contributed by atoms with Crippen LogP contribution in [0.5, 0.6) is 0 Å². The van der Waals surface area contributed by atoms with Gasteiger partial charge in [0.1, 0.15) is 5.88 Å². The zero-order valence-corrected chi connectivity index (χ0v) is 21.0. The number of hydrogen-bond donors (Lipinski definition) is 2. The summed E-state index contributed by atoms with van der Waals surface area (Å²) in [6.45, 7) is 3.68. The predicted octanol–water partition coefficient (Wildman–Crippen LogP) is 4.40. The molecule has 3 aromatic rings. The Morgan fingerprint density at radius 1 is 1.18 bits per heavy atom. The van der Waals surface area contributed by atoms with Crippen LogP contribution in [0.25, 0.3) is 10.4 Å². The number of hydrogen-bond acceptors (Lipinski definition) is 6. The number of nitrogens with zero attached hydrogens (tertiary/aromatic N) is 2. The van der Waals surface area contributed by atoms with E-state index in [4.69, 9.17) is 11.6 Å². The second-order valence-corrected chi connectivity index (χ2v) is 11.0. The third kappa shape index (κ3) is 4.94. The Kier molecular flexibility index (Phi) is 6.92. The Balaban J connectivity index is 1.67. The number of benzene rings is 2. The number of thiazole rings is 1. The lowest BCUT2D eigenvalue weighted by atomic mass is 10.00. The molecule has 0 bridgehead atoms. The number of sulfonamides is 1. The van der Waals surface area contributed by atoms with Crippen molar-refractivity contribution in [1.82, 2.24) is 4.98 Å². The minimum absolute atomic E-state index is 0.0926. The van der Waals surface area contributed by atoms with Gasteiger partial charge in [-0.25, -0.2) is 13.4 Å². The highest BCUT2D eigenvalue weighted by Gasteiger charge is 2.30. The number of carbonyl (C=O) groups is 2. The fourth-order valence-electron chi connectivity index (χ4n) is 3.88. The lowest BCUT2D eigenvalue weighted by Crippen LogP contribution is -2.35. The minimum Gasteiger partial charge on any atom is -0.325 e. The molecular formula is C23H23ClN4O4S2. The maximum Gasteiger partial charge on any atom is 0.264 e. The highest BCUT2D eigenvalue weighted by Crippen LogP contribution is 2.38. The van der Waals surface area contributed by atoms with E-state index in [1.54, 1.807) is 12.1 Å². The lowest BCUT2D eigenvalue weighted by molar-refractivity contribution is -0.114. The molecule has 0 spiro atoms. The van der Waals surface area contributed by atoms with Gasteiger partial charge in [0.2, 0.25) is 11.8 Å². The molecule has 1 aliphatic rings. The van der Waals surface area contributed by atoms with E-state index in [9.17, 15) is 18.0 Å². The van der Waals surface area contributed by atoms with E-state index < -0.39 is 15.9 Å². The summed E-state index contributed by atoms with van der Waals surface area (Å²) in [5, 5.41) is 5.83. The SMILES string of the molecule is CC(=O)Nc1nc(C)c(-c2ccc3c(c2)CCCN3S(=O)(=O)c2cccc(NC(=O)CCl)c2)s1. The van der Waals surface area contributed by atoms with Gasteiger partial charge in [0.05, 0.1) is 21.2 Å². The summed E-state index contributed by atoms with van der Waals surface area (Å²) in [5.74, 6) is -0.811. The van der Waals surface area contributed by atoms with Gasteiger partial charge in [-0.15, -0.1) is 11.6 Å². The minimum atomic E-state index is -3.84. The summed E-state index contributed by atoms with van der Waals surface area (Å²) >= 11 is 6.92. The number of aryl methyl sites for hydroxylation is 2. The summed E-state index contributed by atoms with van der Waals surface area (Å²) in [5.41, 5.74) is 3.65. The molecule has 2 aromatic carbocycles. The number of aromatic nitrogens is 1. The lowest BCUT2D eigenvalue weighted by Gasteiger charge is -2.31. The molecular weight excluding hydrogens is 496 g/mol. The molecule has 1 aliphatic heterocycles. The first-order valence-electron chi connectivity index (χ1n) is 10.6. The maximum atomic E-state index is 13.5. The summed E-state index contributed by atoms with van der Waals surface area (Å²) in [7, 11) is -3.84. The number of carbonyl (C=O) groups excluding carboxylic acids is 2. The van der Waals surface area contributed by atoms with Crippen molar-refractivity contribution < 1.29 is 18.0 Å². The summed E-state index contributed by atoms with van der Waals surface area (Å²) in [6.07, 6.45) is 1.43. The highest BCUT2D eigenvalue weighted by atomic mass is 35.5. The number of amides is 2. The van der Waals surface area contributed by atoms with Crippen molar-refractivity contribution >= 4 is 61.3 Å². The Morgan fingerprint density at radius 3 is 2.71 bits per heavy atom. The molecule has 0 saturated heterocycles. The van der Waals surface area contributed by atoms with Crippen LogP contribution in [0.1, 0.15) is 24.6 Å². The molecule has 4 rings (SSSR count).